The van der Waals surface area contributed by atoms with Crippen LogP contribution in [0.3, 0.4) is 0 Å². The Morgan fingerprint density at radius 1 is 1.52 bits per heavy atom. The highest BCUT2D eigenvalue weighted by atomic mass is 16.3. The first-order valence-electron chi connectivity index (χ1n) is 6.96. The molecule has 1 fully saturated rings. The number of fused-ring (bicyclic) bond motifs is 1. The van der Waals surface area contributed by atoms with Crippen molar-refractivity contribution in [1.29, 1.82) is 5.41 Å². The number of nitrogen functional groups attached to an aromatic ring is 1. The minimum atomic E-state index is -0.201. The van der Waals surface area contributed by atoms with Crippen molar-refractivity contribution >= 4 is 17.0 Å². The van der Waals surface area contributed by atoms with E-state index in [0.717, 1.165) is 26.1 Å². The Morgan fingerprint density at radius 3 is 3.10 bits per heavy atom. The van der Waals surface area contributed by atoms with Crippen molar-refractivity contribution in [2.75, 3.05) is 31.6 Å². The van der Waals surface area contributed by atoms with Crippen molar-refractivity contribution in [3.8, 4) is 0 Å². The summed E-state index contributed by atoms with van der Waals surface area (Å²) in [5.41, 5.74) is 10.7. The fourth-order valence-corrected chi connectivity index (χ4v) is 2.63. The van der Waals surface area contributed by atoms with Crippen molar-refractivity contribution in [2.45, 2.75) is 12.5 Å². The standard InChI is InChI=1S/C13H19N7O/c14-12(15)10-1-3-16-13-11(10)20(8-17-13)18-4-6-19-5-2-9(21)7-19/h1,3,8-9,18,21H,2,4-7H2,(H3,14,15). The van der Waals surface area contributed by atoms with Gasteiger partial charge in [0.25, 0.3) is 0 Å². The van der Waals surface area contributed by atoms with Gasteiger partial charge in [0.15, 0.2) is 5.65 Å². The van der Waals surface area contributed by atoms with Crippen LogP contribution in [0.1, 0.15) is 12.0 Å². The molecule has 0 radical (unpaired) electrons. The van der Waals surface area contributed by atoms with Crippen LogP contribution in [0, 0.1) is 5.41 Å². The summed E-state index contributed by atoms with van der Waals surface area (Å²) in [6.45, 7) is 3.21. The zero-order valence-corrected chi connectivity index (χ0v) is 11.7. The van der Waals surface area contributed by atoms with Crippen molar-refractivity contribution < 1.29 is 5.11 Å². The molecule has 0 bridgehead atoms. The zero-order chi connectivity index (χ0) is 14.8. The van der Waals surface area contributed by atoms with Crippen LogP contribution in [0.25, 0.3) is 11.2 Å². The van der Waals surface area contributed by atoms with Gasteiger partial charge in [-0.05, 0) is 12.5 Å². The van der Waals surface area contributed by atoms with Crippen LogP contribution in [0.4, 0.5) is 0 Å². The van der Waals surface area contributed by atoms with Gasteiger partial charge in [-0.3, -0.25) is 10.3 Å². The molecule has 2 aromatic heterocycles. The summed E-state index contributed by atoms with van der Waals surface area (Å²) in [7, 11) is 0. The number of imidazole rings is 1. The highest BCUT2D eigenvalue weighted by Gasteiger charge is 2.19. The van der Waals surface area contributed by atoms with Crippen molar-refractivity contribution in [1.82, 2.24) is 19.5 Å². The van der Waals surface area contributed by atoms with Gasteiger partial charge in [0.1, 0.15) is 17.7 Å². The molecular formula is C13H19N7O. The quantitative estimate of drug-likeness (QED) is 0.428. The highest BCUT2D eigenvalue weighted by molar-refractivity contribution is 6.04. The Kier molecular flexibility index (Phi) is 3.72. The number of nitrogens with zero attached hydrogens (tertiary/aromatic N) is 4. The van der Waals surface area contributed by atoms with Gasteiger partial charge < -0.3 is 16.3 Å². The Balaban J connectivity index is 1.71. The summed E-state index contributed by atoms with van der Waals surface area (Å²) in [4.78, 5) is 10.6. The van der Waals surface area contributed by atoms with E-state index < -0.39 is 0 Å². The Morgan fingerprint density at radius 2 is 2.38 bits per heavy atom. The van der Waals surface area contributed by atoms with Crippen molar-refractivity contribution in [3.63, 3.8) is 0 Å². The van der Waals surface area contributed by atoms with Crippen LogP contribution in [-0.4, -0.2) is 62.8 Å². The van der Waals surface area contributed by atoms with E-state index in [-0.39, 0.29) is 11.9 Å². The number of hydrogen-bond acceptors (Lipinski definition) is 6. The number of aliphatic hydroxyl groups is 1. The number of pyridine rings is 1. The second kappa shape index (κ2) is 5.66. The number of amidine groups is 1. The summed E-state index contributed by atoms with van der Waals surface area (Å²) >= 11 is 0. The minimum Gasteiger partial charge on any atom is -0.392 e. The monoisotopic (exact) mass is 289 g/mol. The van der Waals surface area contributed by atoms with E-state index in [1.807, 2.05) is 0 Å². The molecule has 0 aromatic carbocycles. The summed E-state index contributed by atoms with van der Waals surface area (Å²) in [5.74, 6) is -0.00591. The smallest absolute Gasteiger partial charge is 0.180 e. The Bertz CT molecular complexity index is 653. The Labute approximate surface area is 122 Å². The molecule has 0 spiro atoms. The zero-order valence-electron chi connectivity index (χ0n) is 11.7. The number of β-amino-alcohol motifs (C(OH)–C–C–N with tert-alkyl or cyclic N) is 1. The second-order valence-corrected chi connectivity index (χ2v) is 5.21. The SMILES string of the molecule is N=C(N)c1ccnc2ncn(NCCN3CCC(O)C3)c12. The van der Waals surface area contributed by atoms with Gasteiger partial charge in [-0.2, -0.15) is 0 Å². The predicted molar refractivity (Wildman–Crippen MR) is 79.8 cm³/mol. The second-order valence-electron chi connectivity index (χ2n) is 5.21. The third-order valence-electron chi connectivity index (χ3n) is 3.69. The number of aromatic nitrogens is 3. The molecule has 3 rings (SSSR count). The van der Waals surface area contributed by atoms with E-state index in [2.05, 4.69) is 20.3 Å². The minimum absolute atomic E-state index is 0.00591. The summed E-state index contributed by atoms with van der Waals surface area (Å²) < 4.78 is 1.76. The summed E-state index contributed by atoms with van der Waals surface area (Å²) in [6.07, 6.45) is 3.88. The van der Waals surface area contributed by atoms with Crippen LogP contribution in [-0.2, 0) is 0 Å². The van der Waals surface area contributed by atoms with E-state index in [9.17, 15) is 5.11 Å². The van der Waals surface area contributed by atoms with E-state index >= 15 is 0 Å². The fourth-order valence-electron chi connectivity index (χ4n) is 2.63. The largest absolute Gasteiger partial charge is 0.392 e. The summed E-state index contributed by atoms with van der Waals surface area (Å²) in [5, 5.41) is 17.1. The average Bonchev–Trinajstić information content (AvgIpc) is 3.05. The predicted octanol–water partition coefficient (Wildman–Crippen LogP) is -0.675. The molecule has 2 aromatic rings. The van der Waals surface area contributed by atoms with Crippen LogP contribution in [0.5, 0.6) is 0 Å². The molecule has 0 saturated carbocycles. The van der Waals surface area contributed by atoms with Gasteiger partial charge >= 0.3 is 0 Å². The van der Waals surface area contributed by atoms with E-state index in [1.165, 1.54) is 0 Å². The van der Waals surface area contributed by atoms with Gasteiger partial charge in [0.05, 0.1) is 6.10 Å². The normalized spacial score (nSPS) is 19.2. The molecule has 1 atom stereocenters. The molecule has 8 nitrogen and oxygen atoms in total. The highest BCUT2D eigenvalue weighted by Crippen LogP contribution is 2.14. The van der Waals surface area contributed by atoms with Crippen molar-refractivity contribution in [3.05, 3.63) is 24.2 Å². The maximum atomic E-state index is 9.50. The molecule has 5 N–H and O–H groups in total. The van der Waals surface area contributed by atoms with E-state index in [1.54, 1.807) is 23.3 Å². The lowest BCUT2D eigenvalue weighted by Gasteiger charge is -2.16. The number of aliphatic hydroxyl groups excluding tert-OH is 1. The van der Waals surface area contributed by atoms with Crippen LogP contribution >= 0.6 is 0 Å². The van der Waals surface area contributed by atoms with Crippen LogP contribution in [0.15, 0.2) is 18.6 Å². The molecule has 112 valence electrons. The molecule has 1 aliphatic heterocycles. The van der Waals surface area contributed by atoms with Crippen molar-refractivity contribution in [2.24, 2.45) is 5.73 Å². The van der Waals surface area contributed by atoms with E-state index in [0.29, 0.717) is 23.3 Å². The molecule has 21 heavy (non-hydrogen) atoms. The third-order valence-corrected chi connectivity index (χ3v) is 3.69. The molecular weight excluding hydrogens is 270 g/mol. The first kappa shape index (κ1) is 13.8. The lowest BCUT2D eigenvalue weighted by Crippen LogP contribution is -2.30. The third kappa shape index (κ3) is 2.81. The number of nitrogens with one attached hydrogen (secondary N) is 2. The van der Waals surface area contributed by atoms with Gasteiger partial charge in [-0.25, -0.2) is 14.6 Å². The lowest BCUT2D eigenvalue weighted by molar-refractivity contribution is 0.177. The van der Waals surface area contributed by atoms with Crippen LogP contribution in [0.2, 0.25) is 0 Å². The Hall–Kier alpha value is -2.19. The first-order chi connectivity index (χ1) is 10.1. The summed E-state index contributed by atoms with van der Waals surface area (Å²) in [6, 6.07) is 1.71. The average molecular weight is 289 g/mol. The molecule has 1 unspecified atom stereocenters. The van der Waals surface area contributed by atoms with Crippen LogP contribution < -0.4 is 11.2 Å². The maximum absolute atomic E-state index is 9.50. The van der Waals surface area contributed by atoms with Gasteiger partial charge in [-0.15, -0.1) is 0 Å². The molecule has 1 aliphatic rings. The number of rotatable bonds is 5. The van der Waals surface area contributed by atoms with Gasteiger partial charge in [-0.1, -0.05) is 0 Å². The van der Waals surface area contributed by atoms with Gasteiger partial charge in [0, 0.05) is 37.9 Å². The van der Waals surface area contributed by atoms with Gasteiger partial charge in [0.2, 0.25) is 0 Å². The first-order valence-corrected chi connectivity index (χ1v) is 6.96. The topological polar surface area (TPSA) is 116 Å². The number of likely N-dealkylation sites (tertiary alicyclic amines) is 1. The van der Waals surface area contributed by atoms with E-state index in [4.69, 9.17) is 11.1 Å². The number of hydrogen-bond donors (Lipinski definition) is 4. The number of nitrogens with two attached hydrogens (primary N) is 1. The molecule has 0 amide bonds. The maximum Gasteiger partial charge on any atom is 0.180 e. The molecule has 3 heterocycles. The molecule has 1 saturated heterocycles. The fraction of sp³-hybridized carbons (Fsp3) is 0.462. The molecule has 0 aliphatic carbocycles. The lowest BCUT2D eigenvalue weighted by atomic mass is 10.2. The molecule has 8 heteroatoms.